The highest BCUT2D eigenvalue weighted by molar-refractivity contribution is 8.00. The highest BCUT2D eigenvalue weighted by atomic mass is 32.2. The summed E-state index contributed by atoms with van der Waals surface area (Å²) in [6.45, 7) is -1.20. The van der Waals surface area contributed by atoms with Gasteiger partial charge >= 0.3 is 6.18 Å². The van der Waals surface area contributed by atoms with E-state index in [-0.39, 0.29) is 5.16 Å². The van der Waals surface area contributed by atoms with Gasteiger partial charge in [-0.1, -0.05) is 72.4 Å². The molecule has 146 valence electrons. The van der Waals surface area contributed by atoms with Crippen LogP contribution in [0.25, 0.3) is 11.3 Å². The van der Waals surface area contributed by atoms with Gasteiger partial charge < -0.3 is 10.3 Å². The van der Waals surface area contributed by atoms with Gasteiger partial charge in [0.2, 0.25) is 5.91 Å². The van der Waals surface area contributed by atoms with E-state index in [1.54, 1.807) is 30.3 Å². The van der Waals surface area contributed by atoms with Crippen LogP contribution in [0.15, 0.2) is 72.0 Å². The Kier molecular flexibility index (Phi) is 6.08. The number of halogens is 3. The zero-order chi connectivity index (χ0) is 20.1. The summed E-state index contributed by atoms with van der Waals surface area (Å²) in [5.74, 6) is -0.600. The predicted octanol–water partition coefficient (Wildman–Crippen LogP) is 4.30. The van der Waals surface area contributed by atoms with Gasteiger partial charge in [0.05, 0.1) is 17.1 Å². The molecule has 0 spiro atoms. The summed E-state index contributed by atoms with van der Waals surface area (Å²) in [4.78, 5) is 16.1. The molecule has 1 amide bonds. The number of primary amides is 1. The molecule has 28 heavy (non-hydrogen) atoms. The number of imidazole rings is 1. The van der Waals surface area contributed by atoms with Crippen molar-refractivity contribution in [3.05, 3.63) is 72.4 Å². The number of thioether (sulfide) groups is 1. The Morgan fingerprint density at radius 2 is 1.68 bits per heavy atom. The molecule has 1 atom stereocenters. The lowest BCUT2D eigenvalue weighted by Gasteiger charge is -2.17. The zero-order valence-corrected chi connectivity index (χ0v) is 15.6. The Morgan fingerprint density at radius 3 is 2.25 bits per heavy atom. The van der Waals surface area contributed by atoms with E-state index in [1.165, 1.54) is 6.20 Å². The first-order valence-corrected chi connectivity index (χ1v) is 9.39. The maximum absolute atomic E-state index is 13.2. The summed E-state index contributed by atoms with van der Waals surface area (Å²) < 4.78 is 40.6. The fraction of sp³-hybridized carbons (Fsp3) is 0.200. The van der Waals surface area contributed by atoms with Crippen molar-refractivity contribution in [2.45, 2.75) is 29.5 Å². The zero-order valence-electron chi connectivity index (χ0n) is 14.8. The van der Waals surface area contributed by atoms with Crippen LogP contribution in [-0.2, 0) is 17.8 Å². The second kappa shape index (κ2) is 8.52. The van der Waals surface area contributed by atoms with E-state index in [4.69, 9.17) is 5.73 Å². The molecule has 0 fully saturated rings. The lowest BCUT2D eigenvalue weighted by atomic mass is 10.1. The average Bonchev–Trinajstić information content (AvgIpc) is 3.03. The first-order valence-electron chi connectivity index (χ1n) is 8.51. The molecule has 0 aliphatic heterocycles. The van der Waals surface area contributed by atoms with Crippen molar-refractivity contribution < 1.29 is 18.0 Å². The molecule has 0 aliphatic carbocycles. The maximum Gasteiger partial charge on any atom is 0.406 e. The topological polar surface area (TPSA) is 60.9 Å². The van der Waals surface area contributed by atoms with E-state index in [0.29, 0.717) is 17.7 Å². The third-order valence-electron chi connectivity index (χ3n) is 4.05. The van der Waals surface area contributed by atoms with Gasteiger partial charge in [-0.25, -0.2) is 4.98 Å². The first kappa shape index (κ1) is 20.0. The minimum atomic E-state index is -4.43. The molecule has 3 rings (SSSR count). The number of benzene rings is 2. The summed E-state index contributed by atoms with van der Waals surface area (Å²) in [6.07, 6.45) is -2.73. The summed E-state index contributed by atoms with van der Waals surface area (Å²) in [6, 6.07) is 17.9. The van der Waals surface area contributed by atoms with E-state index in [9.17, 15) is 18.0 Å². The lowest BCUT2D eigenvalue weighted by Crippen LogP contribution is -2.28. The van der Waals surface area contributed by atoms with Crippen molar-refractivity contribution in [2.24, 2.45) is 5.73 Å². The van der Waals surface area contributed by atoms with Crippen molar-refractivity contribution in [2.75, 3.05) is 0 Å². The predicted molar refractivity (Wildman–Crippen MR) is 103 cm³/mol. The van der Waals surface area contributed by atoms with Gasteiger partial charge in [0.25, 0.3) is 0 Å². The number of nitrogens with two attached hydrogens (primary N) is 1. The van der Waals surface area contributed by atoms with Crippen LogP contribution in [0, 0.1) is 0 Å². The second-order valence-corrected chi connectivity index (χ2v) is 7.36. The quantitative estimate of drug-likeness (QED) is 0.596. The van der Waals surface area contributed by atoms with Gasteiger partial charge in [-0.05, 0) is 17.5 Å². The van der Waals surface area contributed by atoms with Crippen molar-refractivity contribution in [1.29, 1.82) is 0 Å². The van der Waals surface area contributed by atoms with E-state index < -0.39 is 23.9 Å². The molecule has 1 aromatic heterocycles. The molecular formula is C20H18F3N3OS. The molecule has 0 saturated heterocycles. The number of alkyl halides is 3. The number of amides is 1. The molecule has 1 heterocycles. The second-order valence-electron chi connectivity index (χ2n) is 6.19. The Hall–Kier alpha value is -2.74. The van der Waals surface area contributed by atoms with Crippen LogP contribution in [0.2, 0.25) is 0 Å². The number of aromatic nitrogens is 2. The van der Waals surface area contributed by atoms with Gasteiger partial charge in [-0.3, -0.25) is 4.79 Å². The number of nitrogens with zero attached hydrogens (tertiary/aromatic N) is 2. The smallest absolute Gasteiger partial charge is 0.369 e. The van der Waals surface area contributed by atoms with Crippen molar-refractivity contribution in [3.8, 4) is 11.3 Å². The number of carbonyl (C=O) groups excluding carboxylic acids is 1. The number of hydrogen-bond acceptors (Lipinski definition) is 3. The molecule has 0 saturated carbocycles. The molecule has 2 N–H and O–H groups in total. The standard InChI is InChI=1S/C20H18F3N3OS/c21-20(22,23)13-26-16(15-9-5-2-6-10-15)12-25-19(26)28-17(18(24)27)11-14-7-3-1-4-8-14/h1-10,12,17H,11,13H2,(H2,24,27). The molecular weight excluding hydrogens is 387 g/mol. The summed E-state index contributed by atoms with van der Waals surface area (Å²) >= 11 is 0.952. The van der Waals surface area contributed by atoms with Gasteiger partial charge in [-0.2, -0.15) is 13.2 Å². The summed E-state index contributed by atoms with van der Waals surface area (Å²) in [5.41, 5.74) is 7.33. The van der Waals surface area contributed by atoms with Crippen molar-refractivity contribution in [3.63, 3.8) is 0 Å². The van der Waals surface area contributed by atoms with Gasteiger partial charge in [0.15, 0.2) is 5.16 Å². The molecule has 3 aromatic rings. The van der Waals surface area contributed by atoms with E-state index >= 15 is 0 Å². The van der Waals surface area contributed by atoms with Gasteiger partial charge in [0.1, 0.15) is 6.54 Å². The molecule has 0 bridgehead atoms. The summed E-state index contributed by atoms with van der Waals surface area (Å²) in [7, 11) is 0. The fourth-order valence-electron chi connectivity index (χ4n) is 2.78. The van der Waals surface area contributed by atoms with Gasteiger partial charge in [0, 0.05) is 0 Å². The van der Waals surface area contributed by atoms with Crippen LogP contribution in [0.1, 0.15) is 5.56 Å². The Balaban J connectivity index is 1.93. The molecule has 0 radical (unpaired) electrons. The van der Waals surface area contributed by atoms with Gasteiger partial charge in [-0.15, -0.1) is 0 Å². The first-order chi connectivity index (χ1) is 13.3. The van der Waals surface area contributed by atoms with Crippen LogP contribution in [0.4, 0.5) is 13.2 Å². The molecule has 4 nitrogen and oxygen atoms in total. The average molecular weight is 405 g/mol. The van der Waals surface area contributed by atoms with Crippen molar-refractivity contribution >= 4 is 17.7 Å². The lowest BCUT2D eigenvalue weighted by molar-refractivity contribution is -0.141. The molecule has 1 unspecified atom stereocenters. The Morgan fingerprint density at radius 1 is 1.07 bits per heavy atom. The minimum absolute atomic E-state index is 0.107. The molecule has 2 aromatic carbocycles. The minimum Gasteiger partial charge on any atom is -0.369 e. The van der Waals surface area contributed by atoms with Crippen LogP contribution in [-0.4, -0.2) is 26.9 Å². The number of carbonyl (C=O) groups is 1. The number of hydrogen-bond donors (Lipinski definition) is 1. The fourth-order valence-corrected chi connectivity index (χ4v) is 3.83. The normalized spacial score (nSPS) is 12.7. The van der Waals surface area contributed by atoms with E-state index in [2.05, 4.69) is 4.98 Å². The highest BCUT2D eigenvalue weighted by Gasteiger charge is 2.32. The van der Waals surface area contributed by atoms with Crippen LogP contribution < -0.4 is 5.73 Å². The molecule has 0 aliphatic rings. The third-order valence-corrected chi connectivity index (χ3v) is 5.27. The van der Waals surface area contributed by atoms with Crippen LogP contribution in [0.5, 0.6) is 0 Å². The van der Waals surface area contributed by atoms with E-state index in [1.807, 2.05) is 30.3 Å². The SMILES string of the molecule is NC(=O)C(Cc1ccccc1)Sc1ncc(-c2ccccc2)n1CC(F)(F)F. The van der Waals surface area contributed by atoms with Crippen LogP contribution in [0.3, 0.4) is 0 Å². The number of rotatable bonds is 7. The maximum atomic E-state index is 13.2. The van der Waals surface area contributed by atoms with E-state index in [0.717, 1.165) is 21.9 Å². The summed E-state index contributed by atoms with van der Waals surface area (Å²) in [5, 5.41) is -0.628. The van der Waals surface area contributed by atoms with Crippen LogP contribution >= 0.6 is 11.8 Å². The monoisotopic (exact) mass is 405 g/mol. The Labute approximate surface area is 164 Å². The highest BCUT2D eigenvalue weighted by Crippen LogP contribution is 2.32. The largest absolute Gasteiger partial charge is 0.406 e. The Bertz CT molecular complexity index is 927. The molecule has 8 heteroatoms. The third kappa shape index (κ3) is 5.16. The van der Waals surface area contributed by atoms with Crippen molar-refractivity contribution in [1.82, 2.24) is 9.55 Å².